The zero-order valence-corrected chi connectivity index (χ0v) is 17.4. The summed E-state index contributed by atoms with van der Waals surface area (Å²) in [5.74, 6) is 2.63. The largest absolute Gasteiger partial charge is 0.384 e. The van der Waals surface area contributed by atoms with Crippen molar-refractivity contribution < 1.29 is 4.79 Å². The van der Waals surface area contributed by atoms with Crippen molar-refractivity contribution in [1.82, 2.24) is 5.32 Å². The molecule has 0 radical (unpaired) electrons. The van der Waals surface area contributed by atoms with Crippen molar-refractivity contribution in [3.05, 3.63) is 28.2 Å². The van der Waals surface area contributed by atoms with Crippen molar-refractivity contribution in [2.24, 2.45) is 17.8 Å². The lowest BCUT2D eigenvalue weighted by Crippen LogP contribution is -2.59. The van der Waals surface area contributed by atoms with Gasteiger partial charge in [0.05, 0.1) is 5.56 Å². The minimum absolute atomic E-state index is 0.0631. The molecule has 0 saturated heterocycles. The lowest BCUT2D eigenvalue weighted by atomic mass is 9.53. The number of nitrogens with one attached hydrogen (secondary N) is 2. The van der Waals surface area contributed by atoms with Crippen LogP contribution in [0.15, 0.2) is 22.7 Å². The van der Waals surface area contributed by atoms with E-state index >= 15 is 0 Å². The highest BCUT2D eigenvalue weighted by Gasteiger charge is 2.51. The number of unbranched alkanes of at least 4 members (excludes halogenated alkanes) is 2. The standard InChI is InChI=1S/C22H31BrN2O/c1-2-3-4-7-24-20-6-5-18(23)11-19(20)21(26)25-22-12-15-8-16(13-22)10-17(9-15)14-22/h5-6,11,15-17,24H,2-4,7-10,12-14H2,1H3,(H,25,26). The van der Waals surface area contributed by atoms with Crippen LogP contribution < -0.4 is 10.6 Å². The molecular weight excluding hydrogens is 388 g/mol. The van der Waals surface area contributed by atoms with Crippen molar-refractivity contribution in [2.75, 3.05) is 11.9 Å². The molecule has 1 aromatic carbocycles. The summed E-state index contributed by atoms with van der Waals surface area (Å²) in [6, 6.07) is 6.02. The highest BCUT2D eigenvalue weighted by molar-refractivity contribution is 9.10. The minimum atomic E-state index is 0.0631. The molecule has 0 aliphatic heterocycles. The molecule has 4 heteroatoms. The number of amides is 1. The average molecular weight is 419 g/mol. The number of benzene rings is 1. The Hall–Kier alpha value is -1.03. The van der Waals surface area contributed by atoms with Gasteiger partial charge in [-0.2, -0.15) is 0 Å². The second-order valence-electron chi connectivity index (χ2n) is 8.98. The highest BCUT2D eigenvalue weighted by atomic mass is 79.9. The summed E-state index contributed by atoms with van der Waals surface area (Å²) in [5, 5.41) is 6.99. The summed E-state index contributed by atoms with van der Waals surface area (Å²) in [6.07, 6.45) is 11.3. The summed E-state index contributed by atoms with van der Waals surface area (Å²) < 4.78 is 0.965. The molecule has 4 saturated carbocycles. The Morgan fingerprint density at radius 3 is 2.38 bits per heavy atom. The molecule has 2 N–H and O–H groups in total. The van der Waals surface area contributed by atoms with Crippen molar-refractivity contribution in [2.45, 2.75) is 70.3 Å². The van der Waals surface area contributed by atoms with E-state index in [1.807, 2.05) is 18.2 Å². The van der Waals surface area contributed by atoms with Crippen LogP contribution in [0.3, 0.4) is 0 Å². The quantitative estimate of drug-likeness (QED) is 0.553. The van der Waals surface area contributed by atoms with E-state index in [9.17, 15) is 4.79 Å². The summed E-state index contributed by atoms with van der Waals surface area (Å²) in [5.41, 5.74) is 1.81. The van der Waals surface area contributed by atoms with Gasteiger partial charge in [-0.05, 0) is 80.9 Å². The molecule has 4 bridgehead atoms. The van der Waals surface area contributed by atoms with E-state index in [1.165, 1.54) is 51.4 Å². The second-order valence-corrected chi connectivity index (χ2v) is 9.89. The molecular formula is C22H31BrN2O. The molecule has 142 valence electrons. The molecule has 26 heavy (non-hydrogen) atoms. The third kappa shape index (κ3) is 3.81. The van der Waals surface area contributed by atoms with Crippen LogP contribution in [-0.2, 0) is 0 Å². The van der Waals surface area contributed by atoms with Crippen LogP contribution >= 0.6 is 15.9 Å². The van der Waals surface area contributed by atoms with E-state index < -0.39 is 0 Å². The maximum Gasteiger partial charge on any atom is 0.253 e. The van der Waals surface area contributed by atoms with E-state index in [1.54, 1.807) is 0 Å². The van der Waals surface area contributed by atoms with Gasteiger partial charge in [-0.1, -0.05) is 35.7 Å². The number of hydrogen-bond donors (Lipinski definition) is 2. The van der Waals surface area contributed by atoms with Gasteiger partial charge >= 0.3 is 0 Å². The number of carbonyl (C=O) groups excluding carboxylic acids is 1. The van der Waals surface area contributed by atoms with Crippen molar-refractivity contribution in [3.8, 4) is 0 Å². The molecule has 0 aromatic heterocycles. The van der Waals surface area contributed by atoms with E-state index in [-0.39, 0.29) is 11.4 Å². The second kappa shape index (κ2) is 7.53. The number of hydrogen-bond acceptors (Lipinski definition) is 2. The molecule has 0 unspecified atom stereocenters. The van der Waals surface area contributed by atoms with Crippen LogP contribution in [0.25, 0.3) is 0 Å². The van der Waals surface area contributed by atoms with Gasteiger partial charge in [0.25, 0.3) is 5.91 Å². The monoisotopic (exact) mass is 418 g/mol. The third-order valence-electron chi connectivity index (χ3n) is 6.74. The molecule has 4 fully saturated rings. The normalized spacial score (nSPS) is 31.8. The Morgan fingerprint density at radius 1 is 1.12 bits per heavy atom. The van der Waals surface area contributed by atoms with E-state index in [0.717, 1.165) is 46.4 Å². The van der Waals surface area contributed by atoms with E-state index in [2.05, 4.69) is 33.5 Å². The van der Waals surface area contributed by atoms with Crippen molar-refractivity contribution in [3.63, 3.8) is 0 Å². The van der Waals surface area contributed by atoms with Crippen LogP contribution in [0, 0.1) is 17.8 Å². The smallest absolute Gasteiger partial charge is 0.253 e. The first-order chi connectivity index (χ1) is 12.6. The van der Waals surface area contributed by atoms with Gasteiger partial charge in [-0.15, -0.1) is 0 Å². The Morgan fingerprint density at radius 2 is 1.77 bits per heavy atom. The molecule has 4 aliphatic rings. The van der Waals surface area contributed by atoms with Gasteiger partial charge in [0.1, 0.15) is 0 Å². The molecule has 0 atom stereocenters. The SMILES string of the molecule is CCCCCNc1ccc(Br)cc1C(=O)NC12CC3CC(CC(C3)C1)C2. The molecule has 0 spiro atoms. The van der Waals surface area contributed by atoms with Gasteiger partial charge in [0, 0.05) is 22.2 Å². The summed E-state index contributed by atoms with van der Waals surface area (Å²) in [7, 11) is 0. The first-order valence-electron chi connectivity index (χ1n) is 10.4. The fourth-order valence-electron chi connectivity index (χ4n) is 6.03. The van der Waals surface area contributed by atoms with Crippen molar-refractivity contribution >= 4 is 27.5 Å². The summed E-state index contributed by atoms with van der Waals surface area (Å²) in [4.78, 5) is 13.2. The molecule has 0 heterocycles. The number of rotatable bonds is 7. The average Bonchev–Trinajstić information content (AvgIpc) is 2.58. The maximum absolute atomic E-state index is 13.2. The first-order valence-corrected chi connectivity index (χ1v) is 11.2. The maximum atomic E-state index is 13.2. The Labute approximate surface area is 165 Å². The predicted octanol–water partition coefficient (Wildman–Crippen LogP) is 5.75. The highest BCUT2D eigenvalue weighted by Crippen LogP contribution is 2.55. The molecule has 3 nitrogen and oxygen atoms in total. The van der Waals surface area contributed by atoms with E-state index in [4.69, 9.17) is 0 Å². The number of carbonyl (C=O) groups is 1. The molecule has 1 amide bonds. The zero-order chi connectivity index (χ0) is 18.1. The Bertz CT molecular complexity index is 637. The fraction of sp³-hybridized carbons (Fsp3) is 0.682. The van der Waals surface area contributed by atoms with Gasteiger partial charge in [-0.3, -0.25) is 4.79 Å². The lowest BCUT2D eigenvalue weighted by molar-refractivity contribution is -0.0166. The van der Waals surface area contributed by atoms with Crippen molar-refractivity contribution in [1.29, 1.82) is 0 Å². The molecule has 4 aliphatic carbocycles. The predicted molar refractivity (Wildman–Crippen MR) is 111 cm³/mol. The zero-order valence-electron chi connectivity index (χ0n) is 15.8. The van der Waals surface area contributed by atoms with Crippen LogP contribution in [0.5, 0.6) is 0 Å². The van der Waals surface area contributed by atoms with Gasteiger partial charge in [0.2, 0.25) is 0 Å². The third-order valence-corrected chi connectivity index (χ3v) is 7.23. The van der Waals surface area contributed by atoms with Crippen LogP contribution in [0.2, 0.25) is 0 Å². The Kier molecular flexibility index (Phi) is 5.31. The Balaban J connectivity index is 1.48. The van der Waals surface area contributed by atoms with Gasteiger partial charge in [-0.25, -0.2) is 0 Å². The molecule has 5 rings (SSSR count). The number of halogens is 1. The lowest BCUT2D eigenvalue weighted by Gasteiger charge is -2.56. The summed E-state index contributed by atoms with van der Waals surface area (Å²) >= 11 is 3.54. The van der Waals surface area contributed by atoms with Crippen LogP contribution in [0.4, 0.5) is 5.69 Å². The topological polar surface area (TPSA) is 41.1 Å². The van der Waals surface area contributed by atoms with Gasteiger partial charge < -0.3 is 10.6 Å². The fourth-order valence-corrected chi connectivity index (χ4v) is 6.39. The van der Waals surface area contributed by atoms with E-state index in [0.29, 0.717) is 0 Å². The molecule has 1 aromatic rings. The number of anilines is 1. The first kappa shape index (κ1) is 18.3. The summed E-state index contributed by atoms with van der Waals surface area (Å²) in [6.45, 7) is 3.14. The van der Waals surface area contributed by atoms with Crippen LogP contribution in [0.1, 0.15) is 75.1 Å². The van der Waals surface area contributed by atoms with Crippen LogP contribution in [-0.4, -0.2) is 18.0 Å². The van der Waals surface area contributed by atoms with Gasteiger partial charge in [0.15, 0.2) is 0 Å². The minimum Gasteiger partial charge on any atom is -0.384 e.